The summed E-state index contributed by atoms with van der Waals surface area (Å²) in [5, 5.41) is 3.72. The molecule has 21 heavy (non-hydrogen) atoms. The molecular formula is C17H31N3O. The van der Waals surface area contributed by atoms with Crippen molar-refractivity contribution in [2.75, 3.05) is 13.1 Å². The van der Waals surface area contributed by atoms with E-state index in [-0.39, 0.29) is 0 Å². The lowest BCUT2D eigenvalue weighted by atomic mass is 9.95. The molecule has 0 radical (unpaired) electrons. The fourth-order valence-electron chi connectivity index (χ4n) is 3.22. The van der Waals surface area contributed by atoms with E-state index in [4.69, 9.17) is 4.42 Å². The average molecular weight is 293 g/mol. The minimum absolute atomic E-state index is 0.561. The van der Waals surface area contributed by atoms with Crippen LogP contribution in [-0.4, -0.2) is 35.1 Å². The Hall–Kier alpha value is -0.870. The molecule has 2 atom stereocenters. The Morgan fingerprint density at radius 2 is 2.14 bits per heavy atom. The fourth-order valence-corrected chi connectivity index (χ4v) is 3.22. The molecule has 1 fully saturated rings. The highest BCUT2D eigenvalue weighted by Crippen LogP contribution is 2.20. The Morgan fingerprint density at radius 3 is 2.71 bits per heavy atom. The maximum Gasteiger partial charge on any atom is 0.208 e. The standard InChI is InChI=1S/C17H31N3O/c1-6-15-8-19-17(21-15)11-20-10-14(7-12(2)3)18-9-16(20)13(4)5/h8,12-14,16,18H,6-7,9-11H2,1-5H3. The van der Waals surface area contributed by atoms with Crippen molar-refractivity contribution in [1.29, 1.82) is 0 Å². The molecule has 0 saturated carbocycles. The number of piperazine rings is 1. The zero-order valence-electron chi connectivity index (χ0n) is 14.2. The maximum absolute atomic E-state index is 5.81. The molecule has 2 rings (SSSR count). The highest BCUT2D eigenvalue weighted by atomic mass is 16.4. The Bertz CT molecular complexity index is 427. The van der Waals surface area contributed by atoms with Crippen molar-refractivity contribution in [3.8, 4) is 0 Å². The second-order valence-corrected chi connectivity index (χ2v) is 7.05. The first-order valence-corrected chi connectivity index (χ1v) is 8.40. The molecule has 1 aromatic heterocycles. The molecule has 0 aromatic carbocycles. The largest absolute Gasteiger partial charge is 0.444 e. The number of nitrogens with zero attached hydrogens (tertiary/aromatic N) is 2. The maximum atomic E-state index is 5.81. The average Bonchev–Trinajstić information content (AvgIpc) is 2.85. The molecule has 0 bridgehead atoms. The summed E-state index contributed by atoms with van der Waals surface area (Å²) in [5.41, 5.74) is 0. The van der Waals surface area contributed by atoms with Crippen LogP contribution < -0.4 is 5.32 Å². The van der Waals surface area contributed by atoms with Gasteiger partial charge in [0.05, 0.1) is 12.7 Å². The van der Waals surface area contributed by atoms with Gasteiger partial charge in [0, 0.05) is 31.6 Å². The van der Waals surface area contributed by atoms with Gasteiger partial charge in [0.2, 0.25) is 5.89 Å². The minimum atomic E-state index is 0.561. The van der Waals surface area contributed by atoms with Crippen molar-refractivity contribution in [3.05, 3.63) is 17.8 Å². The minimum Gasteiger partial charge on any atom is -0.444 e. The molecular weight excluding hydrogens is 262 g/mol. The SMILES string of the molecule is CCc1cnc(CN2CC(CC(C)C)NCC2C(C)C)o1. The third kappa shape index (κ3) is 4.55. The van der Waals surface area contributed by atoms with E-state index in [1.165, 1.54) is 6.42 Å². The van der Waals surface area contributed by atoms with Gasteiger partial charge in [-0.15, -0.1) is 0 Å². The first-order valence-electron chi connectivity index (χ1n) is 8.40. The lowest BCUT2D eigenvalue weighted by Gasteiger charge is -2.42. The zero-order chi connectivity index (χ0) is 15.4. The highest BCUT2D eigenvalue weighted by molar-refractivity contribution is 4.96. The molecule has 2 unspecified atom stereocenters. The van der Waals surface area contributed by atoms with E-state index in [1.54, 1.807) is 0 Å². The summed E-state index contributed by atoms with van der Waals surface area (Å²) < 4.78 is 5.81. The second kappa shape index (κ2) is 7.41. The predicted molar refractivity (Wildman–Crippen MR) is 86.2 cm³/mol. The number of hydrogen-bond acceptors (Lipinski definition) is 4. The van der Waals surface area contributed by atoms with Gasteiger partial charge in [-0.25, -0.2) is 4.98 Å². The summed E-state index contributed by atoms with van der Waals surface area (Å²) >= 11 is 0. The number of hydrogen-bond donors (Lipinski definition) is 1. The first kappa shape index (κ1) is 16.5. The predicted octanol–water partition coefficient (Wildman–Crippen LogP) is 3.08. The molecule has 1 saturated heterocycles. The van der Waals surface area contributed by atoms with Crippen molar-refractivity contribution in [2.24, 2.45) is 11.8 Å². The third-order valence-electron chi connectivity index (χ3n) is 4.35. The molecule has 0 aliphatic carbocycles. The summed E-state index contributed by atoms with van der Waals surface area (Å²) in [6.45, 7) is 14.3. The van der Waals surface area contributed by atoms with E-state index in [9.17, 15) is 0 Å². The topological polar surface area (TPSA) is 41.3 Å². The molecule has 1 aliphatic heterocycles. The Balaban J connectivity index is 2.02. The molecule has 120 valence electrons. The lowest BCUT2D eigenvalue weighted by molar-refractivity contribution is 0.0766. The monoisotopic (exact) mass is 293 g/mol. The van der Waals surface area contributed by atoms with Crippen LogP contribution in [0.3, 0.4) is 0 Å². The first-order chi connectivity index (χ1) is 9.99. The van der Waals surface area contributed by atoms with Crippen LogP contribution in [0.25, 0.3) is 0 Å². The van der Waals surface area contributed by atoms with Crippen LogP contribution in [0, 0.1) is 11.8 Å². The molecule has 1 N–H and O–H groups in total. The molecule has 2 heterocycles. The van der Waals surface area contributed by atoms with E-state index >= 15 is 0 Å². The van der Waals surface area contributed by atoms with Crippen LogP contribution in [0.1, 0.15) is 52.7 Å². The summed E-state index contributed by atoms with van der Waals surface area (Å²) in [6.07, 6.45) is 4.01. The van der Waals surface area contributed by atoms with E-state index in [2.05, 4.69) is 49.8 Å². The van der Waals surface area contributed by atoms with Crippen molar-refractivity contribution < 1.29 is 4.42 Å². The van der Waals surface area contributed by atoms with Crippen LogP contribution >= 0.6 is 0 Å². The summed E-state index contributed by atoms with van der Waals surface area (Å²) in [4.78, 5) is 6.99. The van der Waals surface area contributed by atoms with E-state index < -0.39 is 0 Å². The molecule has 0 amide bonds. The van der Waals surface area contributed by atoms with Crippen LogP contribution in [0.4, 0.5) is 0 Å². The van der Waals surface area contributed by atoms with Gasteiger partial charge in [-0.1, -0.05) is 34.6 Å². The van der Waals surface area contributed by atoms with Gasteiger partial charge < -0.3 is 9.73 Å². The van der Waals surface area contributed by atoms with Gasteiger partial charge in [-0.2, -0.15) is 0 Å². The van der Waals surface area contributed by atoms with Crippen molar-refractivity contribution in [3.63, 3.8) is 0 Å². The van der Waals surface area contributed by atoms with Gasteiger partial charge in [0.1, 0.15) is 5.76 Å². The van der Waals surface area contributed by atoms with E-state index in [1.807, 2.05) is 6.20 Å². The summed E-state index contributed by atoms with van der Waals surface area (Å²) in [5.74, 6) is 3.22. The quantitative estimate of drug-likeness (QED) is 0.875. The van der Waals surface area contributed by atoms with Crippen molar-refractivity contribution in [2.45, 2.75) is 66.1 Å². The van der Waals surface area contributed by atoms with Crippen LogP contribution in [0.5, 0.6) is 0 Å². The smallest absolute Gasteiger partial charge is 0.208 e. The number of nitrogens with one attached hydrogen (secondary N) is 1. The molecule has 0 spiro atoms. The van der Waals surface area contributed by atoms with Gasteiger partial charge in [-0.3, -0.25) is 4.90 Å². The lowest BCUT2D eigenvalue weighted by Crippen LogP contribution is -2.58. The summed E-state index contributed by atoms with van der Waals surface area (Å²) in [6, 6.07) is 1.14. The number of aromatic nitrogens is 1. The van der Waals surface area contributed by atoms with Gasteiger partial charge >= 0.3 is 0 Å². The van der Waals surface area contributed by atoms with E-state index in [0.29, 0.717) is 18.0 Å². The van der Waals surface area contributed by atoms with Crippen LogP contribution in [0.2, 0.25) is 0 Å². The Morgan fingerprint density at radius 1 is 1.38 bits per heavy atom. The van der Waals surface area contributed by atoms with Crippen LogP contribution in [-0.2, 0) is 13.0 Å². The second-order valence-electron chi connectivity index (χ2n) is 7.05. The van der Waals surface area contributed by atoms with Gasteiger partial charge in [0.25, 0.3) is 0 Å². The highest BCUT2D eigenvalue weighted by Gasteiger charge is 2.30. The van der Waals surface area contributed by atoms with Gasteiger partial charge in [-0.05, 0) is 18.3 Å². The third-order valence-corrected chi connectivity index (χ3v) is 4.35. The number of aryl methyl sites for hydroxylation is 1. The van der Waals surface area contributed by atoms with Gasteiger partial charge in [0.15, 0.2) is 0 Å². The molecule has 4 heteroatoms. The van der Waals surface area contributed by atoms with E-state index in [0.717, 1.165) is 43.6 Å². The Labute approximate surface area is 129 Å². The number of rotatable bonds is 6. The zero-order valence-corrected chi connectivity index (χ0v) is 14.2. The molecule has 1 aromatic rings. The summed E-state index contributed by atoms with van der Waals surface area (Å²) in [7, 11) is 0. The van der Waals surface area contributed by atoms with Crippen molar-refractivity contribution >= 4 is 0 Å². The van der Waals surface area contributed by atoms with Crippen LogP contribution in [0.15, 0.2) is 10.6 Å². The fraction of sp³-hybridized carbons (Fsp3) is 0.824. The Kier molecular flexibility index (Phi) is 5.82. The molecule has 1 aliphatic rings. The molecule has 4 nitrogen and oxygen atoms in total. The number of oxazole rings is 1. The normalized spacial score (nSPS) is 24.1. The van der Waals surface area contributed by atoms with Crippen molar-refractivity contribution in [1.82, 2.24) is 15.2 Å².